The second-order valence-electron chi connectivity index (χ2n) is 1.45. The van der Waals surface area contributed by atoms with Gasteiger partial charge in [-0.25, -0.2) is 0 Å². The fourth-order valence-corrected chi connectivity index (χ4v) is 0.235. The third-order valence-electron chi connectivity index (χ3n) is 0.549. The number of rotatable bonds is 3. The molecule has 3 N–H and O–H groups in total. The summed E-state index contributed by atoms with van der Waals surface area (Å²) in [5, 5.41) is 18.7. The molecular formula is C3H8BNO3. The Balaban J connectivity index is 3.05. The second kappa shape index (κ2) is 3.46. The lowest BCUT2D eigenvalue weighted by Crippen LogP contribution is -2.34. The van der Waals surface area contributed by atoms with E-state index in [-0.39, 0.29) is 6.54 Å². The van der Waals surface area contributed by atoms with Gasteiger partial charge in [-0.15, -0.1) is 0 Å². The van der Waals surface area contributed by atoms with Crippen molar-refractivity contribution in [2.75, 3.05) is 6.54 Å². The van der Waals surface area contributed by atoms with Crippen LogP contribution in [-0.4, -0.2) is 29.7 Å². The fourth-order valence-electron chi connectivity index (χ4n) is 0.235. The first-order valence-electron chi connectivity index (χ1n) is 2.26. The van der Waals surface area contributed by atoms with Crippen LogP contribution in [0, 0.1) is 0 Å². The summed E-state index contributed by atoms with van der Waals surface area (Å²) in [7, 11) is -0.744. The third kappa shape index (κ3) is 5.45. The largest absolute Gasteiger partial charge is 0.480 e. The number of hydrogen-bond donors (Lipinski definition) is 3. The molecule has 5 heteroatoms. The van der Waals surface area contributed by atoms with E-state index < -0.39 is 13.0 Å². The molecule has 0 aromatic carbocycles. The molecule has 46 valence electrons. The van der Waals surface area contributed by atoms with E-state index in [0.29, 0.717) is 0 Å². The molecule has 8 heavy (non-hydrogen) atoms. The lowest BCUT2D eigenvalue weighted by molar-refractivity contribution is -0.135. The number of carboxylic acids is 1. The maximum absolute atomic E-state index is 9.73. The number of hydrogen-bond acceptors (Lipinski definition) is 3. The molecule has 0 unspecified atom stereocenters. The summed E-state index contributed by atoms with van der Waals surface area (Å²) in [4.78, 5) is 9.73. The molecule has 0 spiro atoms. The minimum absolute atomic E-state index is 0.197. The molecule has 0 fully saturated rings. The van der Waals surface area contributed by atoms with Gasteiger partial charge in [0, 0.05) is 0 Å². The quantitative estimate of drug-likeness (QED) is 0.405. The van der Waals surface area contributed by atoms with Gasteiger partial charge in [0.25, 0.3) is 0 Å². The van der Waals surface area contributed by atoms with Gasteiger partial charge >= 0.3 is 13.0 Å². The molecule has 4 nitrogen and oxygen atoms in total. The standard InChI is InChI=1S/C3H8BNO3/c1-4(8)5-2-3(6)7/h5,8H,2H2,1H3,(H,6,7). The normalized spacial score (nSPS) is 8.75. The first kappa shape index (κ1) is 7.45. The van der Waals surface area contributed by atoms with Crippen LogP contribution in [0.25, 0.3) is 0 Å². The molecule has 0 aromatic heterocycles. The lowest BCUT2D eigenvalue weighted by Gasteiger charge is -1.96. The molecular weight excluding hydrogens is 109 g/mol. The van der Waals surface area contributed by atoms with E-state index in [2.05, 4.69) is 5.23 Å². The molecule has 0 rings (SSSR count). The Kier molecular flexibility index (Phi) is 3.22. The molecule has 0 aliphatic carbocycles. The van der Waals surface area contributed by atoms with Crippen molar-refractivity contribution < 1.29 is 14.9 Å². The highest BCUT2D eigenvalue weighted by atomic mass is 16.4. The van der Waals surface area contributed by atoms with Crippen LogP contribution in [-0.2, 0) is 4.79 Å². The van der Waals surface area contributed by atoms with Gasteiger partial charge in [-0.3, -0.25) is 4.79 Å². The Hall–Kier alpha value is -0.545. The van der Waals surface area contributed by atoms with E-state index in [0.717, 1.165) is 0 Å². The first-order chi connectivity index (χ1) is 3.63. The van der Waals surface area contributed by atoms with Gasteiger partial charge in [0.15, 0.2) is 0 Å². The Labute approximate surface area is 47.6 Å². The zero-order valence-electron chi connectivity index (χ0n) is 4.59. The Bertz CT molecular complexity index is 84.6. The molecule has 0 heterocycles. The van der Waals surface area contributed by atoms with Crippen LogP contribution in [0.15, 0.2) is 0 Å². The van der Waals surface area contributed by atoms with Crippen molar-refractivity contribution in [3.05, 3.63) is 0 Å². The molecule has 0 aliphatic rings. The minimum Gasteiger partial charge on any atom is -0.480 e. The van der Waals surface area contributed by atoms with Crippen LogP contribution in [0.4, 0.5) is 0 Å². The maximum Gasteiger partial charge on any atom is 0.374 e. The van der Waals surface area contributed by atoms with E-state index in [1.807, 2.05) is 0 Å². The highest BCUT2D eigenvalue weighted by Crippen LogP contribution is 1.64. The second-order valence-corrected chi connectivity index (χ2v) is 1.45. The predicted molar refractivity (Wildman–Crippen MR) is 29.5 cm³/mol. The van der Waals surface area contributed by atoms with Crippen molar-refractivity contribution in [3.8, 4) is 0 Å². The average Bonchev–Trinajstić information content (AvgIpc) is 1.61. The first-order valence-corrected chi connectivity index (χ1v) is 2.26. The highest BCUT2D eigenvalue weighted by molar-refractivity contribution is 6.45. The van der Waals surface area contributed by atoms with E-state index >= 15 is 0 Å². The van der Waals surface area contributed by atoms with Crippen molar-refractivity contribution in [1.29, 1.82) is 0 Å². The minimum atomic E-state index is -0.967. The van der Waals surface area contributed by atoms with Gasteiger partial charge in [0.1, 0.15) is 0 Å². The molecule has 0 saturated carbocycles. The number of nitrogens with one attached hydrogen (secondary N) is 1. The van der Waals surface area contributed by atoms with Crippen molar-refractivity contribution >= 4 is 13.0 Å². The van der Waals surface area contributed by atoms with Gasteiger partial charge in [-0.1, -0.05) is 0 Å². The molecule has 0 amide bonds. The topological polar surface area (TPSA) is 69.6 Å². The Morgan fingerprint density at radius 3 is 2.50 bits per heavy atom. The molecule has 0 aliphatic heterocycles. The summed E-state index contributed by atoms with van der Waals surface area (Å²) in [6.45, 7) is 1.26. The third-order valence-corrected chi connectivity index (χ3v) is 0.549. The predicted octanol–water partition coefficient (Wildman–Crippen LogP) is -1.23. The summed E-state index contributed by atoms with van der Waals surface area (Å²) in [6.07, 6.45) is 0. The smallest absolute Gasteiger partial charge is 0.374 e. The van der Waals surface area contributed by atoms with Gasteiger partial charge < -0.3 is 15.4 Å². The zero-order chi connectivity index (χ0) is 6.57. The van der Waals surface area contributed by atoms with Crippen LogP contribution in [0.2, 0.25) is 6.82 Å². The number of carbonyl (C=O) groups is 1. The zero-order valence-corrected chi connectivity index (χ0v) is 4.59. The van der Waals surface area contributed by atoms with Gasteiger partial charge in [0.05, 0.1) is 6.54 Å². The van der Waals surface area contributed by atoms with Crippen LogP contribution in [0.1, 0.15) is 0 Å². The number of aliphatic carboxylic acids is 1. The van der Waals surface area contributed by atoms with Gasteiger partial charge in [-0.2, -0.15) is 0 Å². The average molecular weight is 117 g/mol. The lowest BCUT2D eigenvalue weighted by atomic mass is 9.89. The van der Waals surface area contributed by atoms with Gasteiger partial charge in [-0.05, 0) is 6.82 Å². The van der Waals surface area contributed by atoms with Gasteiger partial charge in [0.2, 0.25) is 0 Å². The van der Waals surface area contributed by atoms with Crippen LogP contribution in [0.5, 0.6) is 0 Å². The molecule has 0 bridgehead atoms. The van der Waals surface area contributed by atoms with E-state index in [1.54, 1.807) is 0 Å². The van der Waals surface area contributed by atoms with Crippen LogP contribution < -0.4 is 5.23 Å². The molecule has 0 radical (unpaired) electrons. The van der Waals surface area contributed by atoms with Crippen molar-refractivity contribution in [3.63, 3.8) is 0 Å². The summed E-state index contributed by atoms with van der Waals surface area (Å²) in [5.41, 5.74) is 0. The monoisotopic (exact) mass is 117 g/mol. The Morgan fingerprint density at radius 2 is 2.38 bits per heavy atom. The Morgan fingerprint density at radius 1 is 1.88 bits per heavy atom. The summed E-state index contributed by atoms with van der Waals surface area (Å²) in [6, 6.07) is 0. The SMILES string of the molecule is CB(O)NCC(=O)O. The maximum atomic E-state index is 9.73. The van der Waals surface area contributed by atoms with Crippen molar-refractivity contribution in [1.82, 2.24) is 5.23 Å². The molecule has 0 saturated heterocycles. The van der Waals surface area contributed by atoms with E-state index in [1.165, 1.54) is 6.82 Å². The van der Waals surface area contributed by atoms with Crippen molar-refractivity contribution in [2.45, 2.75) is 6.82 Å². The highest BCUT2D eigenvalue weighted by Gasteiger charge is 2.02. The fraction of sp³-hybridized carbons (Fsp3) is 0.667. The van der Waals surface area contributed by atoms with Crippen LogP contribution in [0.3, 0.4) is 0 Å². The summed E-state index contributed by atoms with van der Waals surface area (Å²) in [5.74, 6) is -0.967. The van der Waals surface area contributed by atoms with Crippen molar-refractivity contribution in [2.24, 2.45) is 0 Å². The van der Waals surface area contributed by atoms with E-state index in [4.69, 9.17) is 10.1 Å². The van der Waals surface area contributed by atoms with Crippen LogP contribution >= 0.6 is 0 Å². The molecule has 0 atom stereocenters. The summed E-state index contributed by atoms with van der Waals surface area (Å²) < 4.78 is 0. The van der Waals surface area contributed by atoms with E-state index in [9.17, 15) is 4.79 Å². The summed E-state index contributed by atoms with van der Waals surface area (Å²) >= 11 is 0. The molecule has 0 aromatic rings. The number of carboxylic acid groups (broad SMARTS) is 1.